The summed E-state index contributed by atoms with van der Waals surface area (Å²) in [5, 5.41) is 9.29. The molecule has 1 N–H and O–H groups in total. The molecule has 1 heterocycles. The van der Waals surface area contributed by atoms with Gasteiger partial charge in [-0.3, -0.25) is 4.79 Å². The number of rotatable bonds is 0. The Morgan fingerprint density at radius 1 is 1.80 bits per heavy atom. The van der Waals surface area contributed by atoms with E-state index >= 15 is 0 Å². The van der Waals surface area contributed by atoms with E-state index in [0.717, 1.165) is 0 Å². The molecule has 1 aliphatic rings. The van der Waals surface area contributed by atoms with Crippen molar-refractivity contribution in [3.63, 3.8) is 0 Å². The van der Waals surface area contributed by atoms with E-state index in [-0.39, 0.29) is 5.78 Å². The Hall–Kier alpha value is -0.410. The summed E-state index contributed by atoms with van der Waals surface area (Å²) in [4.78, 5) is 10.8. The number of carbonyl (C=O) groups is 1. The molecule has 0 aromatic heterocycles. The Bertz CT molecular complexity index is 151. The van der Waals surface area contributed by atoms with Gasteiger partial charge in [-0.1, -0.05) is 0 Å². The summed E-state index contributed by atoms with van der Waals surface area (Å²) in [6, 6.07) is 0. The predicted octanol–water partition coefficient (Wildman–Crippen LogP) is 0.463. The second-order valence-electron chi connectivity index (χ2n) is 2.90. The molecule has 0 amide bonds. The molecule has 1 rings (SSSR count). The molecule has 0 bridgehead atoms. The minimum absolute atomic E-state index is 0.0755. The van der Waals surface area contributed by atoms with Crippen LogP contribution in [0.25, 0.3) is 0 Å². The van der Waals surface area contributed by atoms with E-state index in [2.05, 4.69) is 0 Å². The summed E-state index contributed by atoms with van der Waals surface area (Å²) >= 11 is 0. The molecule has 0 aromatic rings. The lowest BCUT2D eigenvalue weighted by Gasteiger charge is -2.31. The summed E-state index contributed by atoms with van der Waals surface area (Å²) in [6.45, 7) is 3.24. The van der Waals surface area contributed by atoms with Crippen LogP contribution in [-0.2, 0) is 9.53 Å². The molecule has 0 spiro atoms. The minimum Gasteiger partial charge on any atom is -0.366 e. The second-order valence-corrected chi connectivity index (χ2v) is 2.90. The van der Waals surface area contributed by atoms with Crippen LogP contribution in [0.5, 0.6) is 0 Å². The molecule has 0 unspecified atom stereocenters. The van der Waals surface area contributed by atoms with E-state index < -0.39 is 11.9 Å². The lowest BCUT2D eigenvalue weighted by Crippen LogP contribution is -2.41. The van der Waals surface area contributed by atoms with Crippen molar-refractivity contribution in [2.45, 2.75) is 38.6 Å². The van der Waals surface area contributed by atoms with Crippen molar-refractivity contribution >= 4 is 5.78 Å². The highest BCUT2D eigenvalue weighted by atomic mass is 16.6. The van der Waals surface area contributed by atoms with Gasteiger partial charge in [0.25, 0.3) is 0 Å². The fourth-order valence-electron chi connectivity index (χ4n) is 1.06. The van der Waals surface area contributed by atoms with Crippen LogP contribution in [0.15, 0.2) is 0 Å². The van der Waals surface area contributed by atoms with E-state index in [1.165, 1.54) is 0 Å². The number of Topliss-reactive ketones (excluding diaryl/α,β-unsaturated/α-hetero) is 1. The quantitative estimate of drug-likeness (QED) is 0.537. The first-order valence-electron chi connectivity index (χ1n) is 3.44. The highest BCUT2D eigenvalue weighted by Crippen LogP contribution is 2.22. The van der Waals surface area contributed by atoms with Gasteiger partial charge in [-0.2, -0.15) is 0 Å². The van der Waals surface area contributed by atoms with E-state index in [1.807, 2.05) is 0 Å². The highest BCUT2D eigenvalue weighted by molar-refractivity contribution is 5.83. The molecule has 0 saturated carbocycles. The van der Waals surface area contributed by atoms with Crippen LogP contribution < -0.4 is 0 Å². The summed E-state index contributed by atoms with van der Waals surface area (Å²) in [7, 11) is 0. The van der Waals surface area contributed by atoms with Crippen LogP contribution in [0.1, 0.15) is 26.7 Å². The number of aliphatic hydroxyl groups is 1. The first-order valence-corrected chi connectivity index (χ1v) is 3.44. The third-order valence-corrected chi connectivity index (χ3v) is 1.72. The molecule has 1 aliphatic heterocycles. The van der Waals surface area contributed by atoms with Crippen molar-refractivity contribution in [2.75, 3.05) is 0 Å². The van der Waals surface area contributed by atoms with Crippen LogP contribution in [0, 0.1) is 0 Å². The maximum Gasteiger partial charge on any atom is 0.163 e. The number of ketones is 1. The highest BCUT2D eigenvalue weighted by Gasteiger charge is 2.33. The van der Waals surface area contributed by atoms with Crippen molar-refractivity contribution in [2.24, 2.45) is 0 Å². The van der Waals surface area contributed by atoms with E-state index in [0.29, 0.717) is 12.8 Å². The zero-order valence-corrected chi connectivity index (χ0v) is 6.26. The molecule has 2 atom stereocenters. The molecule has 58 valence electrons. The van der Waals surface area contributed by atoms with Crippen LogP contribution in [0.3, 0.4) is 0 Å². The average Bonchev–Trinajstić information content (AvgIpc) is 1.79. The van der Waals surface area contributed by atoms with Gasteiger partial charge in [0, 0.05) is 12.8 Å². The van der Waals surface area contributed by atoms with Crippen molar-refractivity contribution in [3.05, 3.63) is 0 Å². The molecule has 3 nitrogen and oxygen atoms in total. The third kappa shape index (κ3) is 1.55. The van der Waals surface area contributed by atoms with E-state index in [9.17, 15) is 9.90 Å². The van der Waals surface area contributed by atoms with Crippen molar-refractivity contribution in [1.29, 1.82) is 0 Å². The molecule has 0 aliphatic carbocycles. The Morgan fingerprint density at radius 3 is 2.80 bits per heavy atom. The topological polar surface area (TPSA) is 46.5 Å². The Labute approximate surface area is 60.0 Å². The summed E-state index contributed by atoms with van der Waals surface area (Å²) in [6.07, 6.45) is 0.397. The molecule has 0 radical (unpaired) electrons. The average molecular weight is 144 g/mol. The number of ether oxygens (including phenoxy) is 1. The fraction of sp³-hybridized carbons (Fsp3) is 0.857. The minimum atomic E-state index is -1.09. The van der Waals surface area contributed by atoms with Crippen LogP contribution in [-0.4, -0.2) is 22.8 Å². The van der Waals surface area contributed by atoms with Crippen LogP contribution >= 0.6 is 0 Å². The van der Waals surface area contributed by atoms with Gasteiger partial charge in [0.2, 0.25) is 0 Å². The van der Waals surface area contributed by atoms with Crippen molar-refractivity contribution in [3.8, 4) is 0 Å². The van der Waals surface area contributed by atoms with Crippen molar-refractivity contribution < 1.29 is 14.6 Å². The summed E-state index contributed by atoms with van der Waals surface area (Å²) < 4.78 is 4.99. The number of carbonyl (C=O) groups excluding carboxylic acids is 1. The molecule has 10 heavy (non-hydrogen) atoms. The monoisotopic (exact) mass is 144 g/mol. The smallest absolute Gasteiger partial charge is 0.163 e. The number of hydrogen-bond donors (Lipinski definition) is 1. The Morgan fingerprint density at radius 2 is 2.40 bits per heavy atom. The second kappa shape index (κ2) is 2.32. The van der Waals surface area contributed by atoms with Crippen LogP contribution in [0.2, 0.25) is 0 Å². The zero-order chi connectivity index (χ0) is 7.78. The predicted molar refractivity (Wildman–Crippen MR) is 35.4 cm³/mol. The van der Waals surface area contributed by atoms with Gasteiger partial charge in [0.1, 0.15) is 6.10 Å². The standard InChI is InChI=1S/C7H12O3/c1-5-6(8)3-4-7(2,9)10-5/h5,9H,3-4H2,1-2H3/t5-,7+/m0/s1. The van der Waals surface area contributed by atoms with Gasteiger partial charge in [0.05, 0.1) is 0 Å². The van der Waals surface area contributed by atoms with Gasteiger partial charge >= 0.3 is 0 Å². The SMILES string of the molecule is C[C@@H]1O[C@@](C)(O)CCC1=O. The van der Waals surface area contributed by atoms with Crippen LogP contribution in [0.4, 0.5) is 0 Å². The normalized spacial score (nSPS) is 41.9. The molecular weight excluding hydrogens is 132 g/mol. The largest absolute Gasteiger partial charge is 0.366 e. The molecule has 1 fully saturated rings. The maximum absolute atomic E-state index is 10.8. The van der Waals surface area contributed by atoms with E-state index in [1.54, 1.807) is 13.8 Å². The fourth-order valence-corrected chi connectivity index (χ4v) is 1.06. The first-order chi connectivity index (χ1) is 4.51. The van der Waals surface area contributed by atoms with Gasteiger partial charge < -0.3 is 9.84 Å². The number of hydrogen-bond acceptors (Lipinski definition) is 3. The molecule has 3 heteroatoms. The zero-order valence-electron chi connectivity index (χ0n) is 6.26. The van der Waals surface area contributed by atoms with Crippen molar-refractivity contribution in [1.82, 2.24) is 0 Å². The Balaban J connectivity index is 2.57. The van der Waals surface area contributed by atoms with E-state index in [4.69, 9.17) is 4.74 Å². The summed E-state index contributed by atoms with van der Waals surface area (Å²) in [5.74, 6) is -1.01. The lowest BCUT2D eigenvalue weighted by molar-refractivity contribution is -0.230. The molecular formula is C7H12O3. The van der Waals surface area contributed by atoms with Gasteiger partial charge in [-0.15, -0.1) is 0 Å². The summed E-state index contributed by atoms with van der Waals surface area (Å²) in [5.41, 5.74) is 0. The van der Waals surface area contributed by atoms with Gasteiger partial charge in [-0.25, -0.2) is 0 Å². The van der Waals surface area contributed by atoms with Gasteiger partial charge in [-0.05, 0) is 13.8 Å². The first kappa shape index (κ1) is 7.69. The lowest BCUT2D eigenvalue weighted by atomic mass is 10.0. The van der Waals surface area contributed by atoms with Gasteiger partial charge in [0.15, 0.2) is 11.6 Å². The third-order valence-electron chi connectivity index (χ3n) is 1.72. The maximum atomic E-state index is 10.8. The Kier molecular flexibility index (Phi) is 1.79. The molecule has 1 saturated heterocycles. The molecule has 0 aromatic carbocycles.